The van der Waals surface area contributed by atoms with E-state index in [-0.39, 0.29) is 0 Å². The van der Waals surface area contributed by atoms with Crippen LogP contribution in [-0.2, 0) is 0 Å². The van der Waals surface area contributed by atoms with Crippen LogP contribution in [0, 0.1) is 13.8 Å². The van der Waals surface area contributed by atoms with Gasteiger partial charge in [0.15, 0.2) is 0 Å². The molecule has 0 bridgehead atoms. The van der Waals surface area contributed by atoms with E-state index in [1.165, 1.54) is 0 Å². The molecule has 3 heteroatoms. The van der Waals surface area contributed by atoms with E-state index < -0.39 is 0 Å². The van der Waals surface area contributed by atoms with Crippen LogP contribution in [0.25, 0.3) is 5.57 Å². The quantitative estimate of drug-likeness (QED) is 0.759. The van der Waals surface area contributed by atoms with Gasteiger partial charge >= 0.3 is 0 Å². The first kappa shape index (κ1) is 13.5. The second kappa shape index (κ2) is 6.06. The van der Waals surface area contributed by atoms with E-state index in [1.54, 1.807) is 0 Å². The Kier molecular flexibility index (Phi) is 5.45. The largest absolute Gasteiger partial charge is 0.399 e. The van der Waals surface area contributed by atoms with Crippen molar-refractivity contribution < 1.29 is 4.52 Å². The maximum absolute atomic E-state index is 5.48. The number of nitrogens with zero attached hydrogens (tertiary/aromatic N) is 1. The van der Waals surface area contributed by atoms with E-state index in [2.05, 4.69) is 11.7 Å². The summed E-state index contributed by atoms with van der Waals surface area (Å²) in [5, 5.41) is 3.86. The Morgan fingerprint density at radius 2 is 1.93 bits per heavy atom. The maximum atomic E-state index is 5.48. The molecule has 0 unspecified atom stereocenters. The van der Waals surface area contributed by atoms with Gasteiger partial charge in [0.05, 0.1) is 5.69 Å². The van der Waals surface area contributed by atoms with E-state index in [0.29, 0.717) is 5.70 Å². The molecule has 0 saturated heterocycles. The van der Waals surface area contributed by atoms with Crippen molar-refractivity contribution in [2.45, 2.75) is 34.6 Å². The molecule has 2 N–H and O–H groups in total. The molecule has 3 nitrogen and oxygen atoms in total. The summed E-state index contributed by atoms with van der Waals surface area (Å²) in [7, 11) is 0. The summed E-state index contributed by atoms with van der Waals surface area (Å²) >= 11 is 0. The van der Waals surface area contributed by atoms with E-state index in [9.17, 15) is 0 Å². The third-order valence-electron chi connectivity index (χ3n) is 1.83. The number of allylic oxidation sites excluding steroid dienone is 2. The molecule has 0 atom stereocenters. The number of rotatable bonds is 2. The highest BCUT2D eigenvalue weighted by molar-refractivity contribution is 5.68. The molecule has 1 rings (SSSR count). The molecule has 0 aromatic carbocycles. The average molecular weight is 208 g/mol. The fraction of sp³-hybridized carbons (Fsp3) is 0.417. The van der Waals surface area contributed by atoms with Gasteiger partial charge in [0.25, 0.3) is 0 Å². The van der Waals surface area contributed by atoms with Crippen molar-refractivity contribution in [3.63, 3.8) is 0 Å². The highest BCUT2D eigenvalue weighted by atomic mass is 16.5. The van der Waals surface area contributed by atoms with Crippen LogP contribution < -0.4 is 5.73 Å². The summed E-state index contributed by atoms with van der Waals surface area (Å²) in [4.78, 5) is 0. The highest BCUT2D eigenvalue weighted by Crippen LogP contribution is 2.22. The predicted octanol–water partition coefficient (Wildman–Crippen LogP) is 3.19. The molecule has 0 aliphatic heterocycles. The lowest BCUT2D eigenvalue weighted by atomic mass is 10.1. The van der Waals surface area contributed by atoms with Gasteiger partial charge < -0.3 is 10.3 Å². The van der Waals surface area contributed by atoms with E-state index in [1.807, 2.05) is 40.7 Å². The number of nitrogens with two attached hydrogens (primary N) is 1. The number of hydrogen-bond donors (Lipinski definition) is 1. The lowest BCUT2D eigenvalue weighted by Gasteiger charge is -1.99. The van der Waals surface area contributed by atoms with Crippen LogP contribution in [-0.4, -0.2) is 5.16 Å². The monoisotopic (exact) mass is 208 g/mol. The lowest BCUT2D eigenvalue weighted by molar-refractivity contribution is 0.393. The molecule has 0 spiro atoms. The summed E-state index contributed by atoms with van der Waals surface area (Å²) in [6.45, 7) is 13.4. The Bertz CT molecular complexity index is 342. The maximum Gasteiger partial charge on any atom is 0.141 e. The van der Waals surface area contributed by atoms with Crippen LogP contribution >= 0.6 is 0 Å². The van der Waals surface area contributed by atoms with Gasteiger partial charge in [-0.25, -0.2) is 0 Å². The number of aromatic nitrogens is 1. The molecule has 1 aromatic rings. The highest BCUT2D eigenvalue weighted by Gasteiger charge is 2.09. The summed E-state index contributed by atoms with van der Waals surface area (Å²) in [5.74, 6) is 0.813. The predicted molar refractivity (Wildman–Crippen MR) is 64.3 cm³/mol. The first-order valence-electron chi connectivity index (χ1n) is 5.08. The van der Waals surface area contributed by atoms with Gasteiger partial charge in [-0.3, -0.25) is 0 Å². The van der Waals surface area contributed by atoms with Crippen molar-refractivity contribution in [3.8, 4) is 0 Å². The van der Waals surface area contributed by atoms with Gasteiger partial charge in [0, 0.05) is 11.3 Å². The number of aryl methyl sites for hydroxylation is 2. The van der Waals surface area contributed by atoms with Crippen molar-refractivity contribution in [2.24, 2.45) is 5.73 Å². The normalized spacial score (nSPS) is 10.6. The molecule has 0 amide bonds. The molecular weight excluding hydrogens is 188 g/mol. The molecule has 0 aliphatic rings. The van der Waals surface area contributed by atoms with Gasteiger partial charge in [-0.1, -0.05) is 25.6 Å². The second-order valence-electron chi connectivity index (χ2n) is 3.10. The molecule has 0 saturated carbocycles. The molecule has 0 radical (unpaired) electrons. The fourth-order valence-corrected chi connectivity index (χ4v) is 1.40. The Labute approximate surface area is 91.6 Å². The third-order valence-corrected chi connectivity index (χ3v) is 1.83. The van der Waals surface area contributed by atoms with Crippen molar-refractivity contribution in [3.05, 3.63) is 35.4 Å². The van der Waals surface area contributed by atoms with Crippen molar-refractivity contribution in [1.29, 1.82) is 0 Å². The van der Waals surface area contributed by atoms with Crippen LogP contribution in [0.5, 0.6) is 0 Å². The van der Waals surface area contributed by atoms with E-state index in [4.69, 9.17) is 10.3 Å². The molecule has 0 fully saturated rings. The molecule has 0 aliphatic carbocycles. The molecule has 84 valence electrons. The Morgan fingerprint density at radius 1 is 1.40 bits per heavy atom. The van der Waals surface area contributed by atoms with Gasteiger partial charge in [0.1, 0.15) is 5.76 Å². The van der Waals surface area contributed by atoms with Crippen LogP contribution in [0.2, 0.25) is 0 Å². The zero-order valence-electron chi connectivity index (χ0n) is 10.2. The van der Waals surface area contributed by atoms with Crippen molar-refractivity contribution in [1.82, 2.24) is 5.16 Å². The van der Waals surface area contributed by atoms with Crippen LogP contribution in [0.4, 0.5) is 0 Å². The number of hydrogen-bond acceptors (Lipinski definition) is 3. The summed E-state index contributed by atoms with van der Waals surface area (Å²) in [6.07, 6.45) is 1.81. The zero-order valence-corrected chi connectivity index (χ0v) is 10.2. The Balaban J connectivity index is 0.000000921. The van der Waals surface area contributed by atoms with Crippen molar-refractivity contribution >= 4 is 5.57 Å². The molecule has 15 heavy (non-hydrogen) atoms. The topological polar surface area (TPSA) is 52.0 Å². The first-order valence-corrected chi connectivity index (χ1v) is 5.08. The zero-order chi connectivity index (χ0) is 12.0. The minimum absolute atomic E-state index is 0.539. The summed E-state index contributed by atoms with van der Waals surface area (Å²) < 4.78 is 5.04. The minimum atomic E-state index is 0.539. The molecule has 1 heterocycles. The van der Waals surface area contributed by atoms with Crippen LogP contribution in [0.1, 0.15) is 37.8 Å². The molecular formula is C12H20N2O. The smallest absolute Gasteiger partial charge is 0.141 e. The average Bonchev–Trinajstić information content (AvgIpc) is 2.48. The van der Waals surface area contributed by atoms with Crippen LogP contribution in [0.15, 0.2) is 22.9 Å². The molecule has 1 aromatic heterocycles. The minimum Gasteiger partial charge on any atom is -0.399 e. The second-order valence-corrected chi connectivity index (χ2v) is 3.10. The summed E-state index contributed by atoms with van der Waals surface area (Å²) in [6, 6.07) is 0. The van der Waals surface area contributed by atoms with E-state index in [0.717, 1.165) is 22.6 Å². The van der Waals surface area contributed by atoms with Gasteiger partial charge in [-0.05, 0) is 32.4 Å². The fourth-order valence-electron chi connectivity index (χ4n) is 1.40. The van der Waals surface area contributed by atoms with Crippen LogP contribution in [0.3, 0.4) is 0 Å². The third kappa shape index (κ3) is 3.62. The van der Waals surface area contributed by atoms with Gasteiger partial charge in [-0.2, -0.15) is 0 Å². The first-order chi connectivity index (χ1) is 7.02. The van der Waals surface area contributed by atoms with E-state index >= 15 is 0 Å². The van der Waals surface area contributed by atoms with Gasteiger partial charge in [0.2, 0.25) is 0 Å². The van der Waals surface area contributed by atoms with Gasteiger partial charge in [-0.15, -0.1) is 0 Å². The van der Waals surface area contributed by atoms with Crippen molar-refractivity contribution in [2.75, 3.05) is 0 Å². The summed E-state index contributed by atoms with van der Waals surface area (Å²) in [5.41, 5.74) is 8.95. The standard InChI is InChI=1S/C10H14N2O.C2H6/c1-6(5-7(2)11)10-8(3)12-13-9(10)4;1-2/h5H,2,11H2,1,3-4H3;1-2H3/b6-5+;. The SMILES string of the molecule is C=C(N)/C=C(\C)c1c(C)noc1C.CC. The Hall–Kier alpha value is -1.51. The lowest BCUT2D eigenvalue weighted by Crippen LogP contribution is -1.92. The Morgan fingerprint density at radius 3 is 2.27 bits per heavy atom.